The van der Waals surface area contributed by atoms with Gasteiger partial charge < -0.3 is 10.2 Å². The van der Waals surface area contributed by atoms with E-state index < -0.39 is 17.2 Å². The van der Waals surface area contributed by atoms with Gasteiger partial charge in [-0.2, -0.15) is 0 Å². The van der Waals surface area contributed by atoms with E-state index in [1.165, 1.54) is 4.57 Å². The van der Waals surface area contributed by atoms with Crippen LogP contribution in [0.4, 0.5) is 0 Å². The summed E-state index contributed by atoms with van der Waals surface area (Å²) in [5, 5.41) is 19.7. The maximum absolute atomic E-state index is 11.9. The molecule has 0 bridgehead atoms. The van der Waals surface area contributed by atoms with Crippen LogP contribution in [0.2, 0.25) is 0 Å². The summed E-state index contributed by atoms with van der Waals surface area (Å²) in [6.07, 6.45) is 1.40. The molecule has 2 saturated carbocycles. The Balaban J connectivity index is 2.04. The van der Waals surface area contributed by atoms with Crippen LogP contribution in [0.3, 0.4) is 0 Å². The van der Waals surface area contributed by atoms with Crippen LogP contribution in [-0.4, -0.2) is 32.5 Å². The van der Waals surface area contributed by atoms with E-state index in [1.807, 2.05) is 6.92 Å². The molecule has 0 spiro atoms. The van der Waals surface area contributed by atoms with Crippen LogP contribution in [0.5, 0.6) is 0 Å². The largest absolute Gasteiger partial charge is 0.396 e. The average molecular weight is 266 g/mol. The number of nitrogens with one attached hydrogen (secondary N) is 1. The normalized spacial score (nSPS) is 40.2. The van der Waals surface area contributed by atoms with Gasteiger partial charge in [-0.1, -0.05) is 6.92 Å². The Morgan fingerprint density at radius 1 is 1.53 bits per heavy atom. The first kappa shape index (κ1) is 12.6. The Kier molecular flexibility index (Phi) is 2.53. The third kappa shape index (κ3) is 1.44. The fourth-order valence-corrected chi connectivity index (χ4v) is 3.98. The van der Waals surface area contributed by atoms with Gasteiger partial charge in [0.15, 0.2) is 0 Å². The number of aliphatic hydroxyl groups excluding tert-OH is 2. The zero-order chi connectivity index (χ0) is 13.9. The highest BCUT2D eigenvalue weighted by Gasteiger charge is 2.72. The van der Waals surface area contributed by atoms with Crippen LogP contribution in [0, 0.1) is 24.2 Å². The van der Waals surface area contributed by atoms with Gasteiger partial charge in [0, 0.05) is 23.2 Å². The highest BCUT2D eigenvalue weighted by Crippen LogP contribution is 2.71. The number of hydrogen-bond donors (Lipinski definition) is 3. The summed E-state index contributed by atoms with van der Waals surface area (Å²) in [7, 11) is 0. The lowest BCUT2D eigenvalue weighted by atomic mass is 9.98. The van der Waals surface area contributed by atoms with Gasteiger partial charge >= 0.3 is 5.69 Å². The highest BCUT2D eigenvalue weighted by atomic mass is 16.3. The Morgan fingerprint density at radius 3 is 2.74 bits per heavy atom. The van der Waals surface area contributed by atoms with E-state index in [9.17, 15) is 19.8 Å². The predicted molar refractivity (Wildman–Crippen MR) is 67.9 cm³/mol. The van der Waals surface area contributed by atoms with E-state index in [-0.39, 0.29) is 30.0 Å². The van der Waals surface area contributed by atoms with Crippen molar-refractivity contribution in [2.45, 2.75) is 32.4 Å². The molecular formula is C13H18N2O4. The monoisotopic (exact) mass is 266 g/mol. The summed E-state index contributed by atoms with van der Waals surface area (Å²) in [4.78, 5) is 25.6. The number of hydrogen-bond acceptors (Lipinski definition) is 4. The number of aliphatic hydroxyl groups is 2. The summed E-state index contributed by atoms with van der Waals surface area (Å²) in [5.74, 6) is 0.279. The van der Waals surface area contributed by atoms with Crippen molar-refractivity contribution in [3.8, 4) is 0 Å². The maximum Gasteiger partial charge on any atom is 0.328 e. The molecule has 2 aliphatic rings. The maximum atomic E-state index is 11.9. The van der Waals surface area contributed by atoms with Crippen molar-refractivity contribution in [2.75, 3.05) is 6.61 Å². The Morgan fingerprint density at radius 2 is 2.21 bits per heavy atom. The van der Waals surface area contributed by atoms with Gasteiger partial charge in [-0.05, 0) is 25.2 Å². The number of fused-ring (bicyclic) bond motifs is 1. The van der Waals surface area contributed by atoms with Crippen LogP contribution in [-0.2, 0) is 0 Å². The predicted octanol–water partition coefficient (Wildman–Crippen LogP) is -0.605. The second-order valence-electron chi connectivity index (χ2n) is 5.88. The van der Waals surface area contributed by atoms with Crippen LogP contribution >= 0.6 is 0 Å². The van der Waals surface area contributed by atoms with Gasteiger partial charge in [-0.25, -0.2) is 4.79 Å². The highest BCUT2D eigenvalue weighted by molar-refractivity contribution is 5.21. The van der Waals surface area contributed by atoms with E-state index >= 15 is 0 Å². The minimum Gasteiger partial charge on any atom is -0.396 e. The van der Waals surface area contributed by atoms with Crippen LogP contribution < -0.4 is 11.2 Å². The van der Waals surface area contributed by atoms with Gasteiger partial charge in [0.1, 0.15) is 0 Å². The number of aromatic nitrogens is 2. The Hall–Kier alpha value is -1.40. The molecule has 0 aromatic carbocycles. The summed E-state index contributed by atoms with van der Waals surface area (Å²) >= 11 is 0. The summed E-state index contributed by atoms with van der Waals surface area (Å²) in [6, 6.07) is -0.153. The number of aryl methyl sites for hydroxylation is 1. The topological polar surface area (TPSA) is 95.3 Å². The zero-order valence-electron chi connectivity index (χ0n) is 11.0. The van der Waals surface area contributed by atoms with Crippen molar-refractivity contribution < 1.29 is 10.2 Å². The van der Waals surface area contributed by atoms with Gasteiger partial charge in [0.05, 0.1) is 12.7 Å². The quantitative estimate of drug-likeness (QED) is 0.666. The number of H-pyrrole nitrogens is 1. The third-order valence-electron chi connectivity index (χ3n) is 5.17. The molecule has 19 heavy (non-hydrogen) atoms. The van der Waals surface area contributed by atoms with Crippen molar-refractivity contribution in [3.63, 3.8) is 0 Å². The van der Waals surface area contributed by atoms with Crippen LogP contribution in [0.15, 0.2) is 15.8 Å². The van der Waals surface area contributed by atoms with E-state index in [2.05, 4.69) is 4.98 Å². The van der Waals surface area contributed by atoms with E-state index in [1.54, 1.807) is 13.1 Å². The smallest absolute Gasteiger partial charge is 0.328 e. The van der Waals surface area contributed by atoms with Crippen molar-refractivity contribution in [1.29, 1.82) is 0 Å². The molecule has 5 atom stereocenters. The first-order chi connectivity index (χ1) is 8.93. The SMILES string of the molecule is Cc1cn([C@H]2C[C@H](O)[C@]3(CO)[C@@H]2[C@@H]3C)c(=O)[nH]c1=O. The molecule has 3 rings (SSSR count). The van der Waals surface area contributed by atoms with E-state index in [4.69, 9.17) is 0 Å². The first-order valence-electron chi connectivity index (χ1n) is 6.54. The molecule has 104 valence electrons. The first-order valence-corrected chi connectivity index (χ1v) is 6.54. The molecule has 2 fully saturated rings. The summed E-state index contributed by atoms with van der Waals surface area (Å²) in [5.41, 5.74) is -0.810. The Labute approximate surface area is 109 Å². The van der Waals surface area contributed by atoms with Crippen molar-refractivity contribution in [2.24, 2.45) is 17.3 Å². The summed E-state index contributed by atoms with van der Waals surface area (Å²) < 4.78 is 1.51. The lowest BCUT2D eigenvalue weighted by Gasteiger charge is -2.19. The average Bonchev–Trinajstić information content (AvgIpc) is 2.83. The van der Waals surface area contributed by atoms with Gasteiger partial charge in [0.2, 0.25) is 0 Å². The molecule has 1 heterocycles. The number of nitrogens with zero attached hydrogens (tertiary/aromatic N) is 1. The number of aromatic amines is 1. The summed E-state index contributed by atoms with van der Waals surface area (Å²) in [6.45, 7) is 3.57. The van der Waals surface area contributed by atoms with Crippen molar-refractivity contribution >= 4 is 0 Å². The Bertz CT molecular complexity index is 634. The third-order valence-corrected chi connectivity index (χ3v) is 5.17. The molecule has 2 aliphatic carbocycles. The fourth-order valence-electron chi connectivity index (χ4n) is 3.98. The second kappa shape index (κ2) is 3.80. The molecule has 3 N–H and O–H groups in total. The van der Waals surface area contributed by atoms with E-state index in [0.717, 1.165) is 0 Å². The zero-order valence-corrected chi connectivity index (χ0v) is 11.0. The number of rotatable bonds is 2. The van der Waals surface area contributed by atoms with Gasteiger partial charge in [-0.15, -0.1) is 0 Å². The molecule has 1 aromatic rings. The molecule has 6 heteroatoms. The molecule has 1 aromatic heterocycles. The van der Waals surface area contributed by atoms with Crippen molar-refractivity contribution in [1.82, 2.24) is 9.55 Å². The second-order valence-corrected chi connectivity index (χ2v) is 5.88. The molecule has 0 aliphatic heterocycles. The molecule has 0 unspecified atom stereocenters. The molecule has 6 nitrogen and oxygen atoms in total. The van der Waals surface area contributed by atoms with Crippen LogP contribution in [0.1, 0.15) is 24.9 Å². The van der Waals surface area contributed by atoms with Gasteiger partial charge in [0.25, 0.3) is 5.56 Å². The van der Waals surface area contributed by atoms with E-state index in [0.29, 0.717) is 12.0 Å². The molecular weight excluding hydrogens is 248 g/mol. The minimum atomic E-state index is -0.596. The molecule has 0 amide bonds. The fraction of sp³-hybridized carbons (Fsp3) is 0.692. The molecule has 0 radical (unpaired) electrons. The van der Waals surface area contributed by atoms with Crippen LogP contribution in [0.25, 0.3) is 0 Å². The lowest BCUT2D eigenvalue weighted by molar-refractivity contribution is 0.0495. The standard InChI is InChI=1S/C13H18N2O4/c1-6-4-15(12(19)14-11(6)18)8-3-9(17)13(5-16)7(2)10(8)13/h4,7-10,16-17H,3,5H2,1-2H3,(H,14,18,19)/t7-,8-,9-,10+,13+/m0/s1. The van der Waals surface area contributed by atoms with Gasteiger partial charge in [-0.3, -0.25) is 14.3 Å². The lowest BCUT2D eigenvalue weighted by Crippen LogP contribution is -2.34. The minimum absolute atomic E-state index is 0.0619. The molecule has 0 saturated heterocycles. The van der Waals surface area contributed by atoms with Crippen molar-refractivity contribution in [3.05, 3.63) is 32.6 Å².